The molecule has 0 saturated heterocycles. The van der Waals surface area contributed by atoms with Crippen LogP contribution in [-0.2, 0) is 10.0 Å². The summed E-state index contributed by atoms with van der Waals surface area (Å²) >= 11 is 0. The molecule has 4 rings (SSSR count). The van der Waals surface area contributed by atoms with Gasteiger partial charge in [0.05, 0.1) is 18.0 Å². The fourth-order valence-electron chi connectivity index (χ4n) is 4.34. The Bertz CT molecular complexity index is 1040. The maximum Gasteiger partial charge on any atom is 0.241 e. The first kappa shape index (κ1) is 20.0. The monoisotopic (exact) mass is 412 g/mol. The fraction of sp³-hybridized carbons (Fsp3) is 0.391. The number of benzene rings is 2. The number of fused-ring (bicyclic) bond motifs is 3. The summed E-state index contributed by atoms with van der Waals surface area (Å²) < 4.78 is 33.7. The number of ether oxygens (including phenoxy) is 1. The van der Waals surface area contributed by atoms with Crippen molar-refractivity contribution in [3.05, 3.63) is 65.7 Å². The van der Waals surface area contributed by atoms with E-state index in [1.54, 1.807) is 13.2 Å². The molecule has 0 fully saturated rings. The highest BCUT2D eigenvalue weighted by molar-refractivity contribution is 7.89. The molecular formula is C23H28N2O3S. The van der Waals surface area contributed by atoms with Crippen LogP contribution in [-0.4, -0.2) is 21.1 Å². The topological polar surface area (TPSA) is 67.4 Å². The molecule has 2 aromatic rings. The molecule has 2 aromatic carbocycles. The highest BCUT2D eigenvalue weighted by Crippen LogP contribution is 2.50. The Morgan fingerprint density at radius 3 is 2.48 bits per heavy atom. The zero-order chi connectivity index (χ0) is 20.8. The number of methoxy groups -OCH3 is 1. The Labute approximate surface area is 173 Å². The van der Waals surface area contributed by atoms with Gasteiger partial charge < -0.3 is 10.1 Å². The van der Waals surface area contributed by atoms with Crippen molar-refractivity contribution < 1.29 is 13.2 Å². The van der Waals surface area contributed by atoms with Crippen LogP contribution in [0.1, 0.15) is 50.3 Å². The zero-order valence-electron chi connectivity index (χ0n) is 17.3. The van der Waals surface area contributed by atoms with Crippen LogP contribution in [0.5, 0.6) is 5.75 Å². The van der Waals surface area contributed by atoms with E-state index in [0.717, 1.165) is 23.4 Å². The number of sulfonamides is 1. The van der Waals surface area contributed by atoms with Crippen LogP contribution >= 0.6 is 0 Å². The Balaban J connectivity index is 1.70. The summed E-state index contributed by atoms with van der Waals surface area (Å²) in [7, 11) is -1.90. The highest BCUT2D eigenvalue weighted by atomic mass is 32.2. The Morgan fingerprint density at radius 1 is 1.10 bits per heavy atom. The molecule has 154 valence electrons. The van der Waals surface area contributed by atoms with Gasteiger partial charge in [0.15, 0.2) is 0 Å². The largest absolute Gasteiger partial charge is 0.497 e. The quantitative estimate of drug-likeness (QED) is 0.721. The van der Waals surface area contributed by atoms with Crippen LogP contribution in [0.15, 0.2) is 59.5 Å². The summed E-state index contributed by atoms with van der Waals surface area (Å²) in [6, 6.07) is 13.7. The van der Waals surface area contributed by atoms with Gasteiger partial charge in [-0.25, -0.2) is 13.1 Å². The SMILES string of the molecule is COc1ccc(C2Nc3ccc(S(=O)(=O)NC(C)(C)C)cc3C3C=CCC32)cc1. The minimum absolute atomic E-state index is 0.170. The van der Waals surface area contributed by atoms with Crippen LogP contribution in [0.2, 0.25) is 0 Å². The third-order valence-electron chi connectivity index (χ3n) is 5.56. The average Bonchev–Trinajstić information content (AvgIpc) is 3.15. The van der Waals surface area contributed by atoms with E-state index in [-0.39, 0.29) is 12.0 Å². The predicted octanol–water partition coefficient (Wildman–Crippen LogP) is 4.60. The van der Waals surface area contributed by atoms with Crippen molar-refractivity contribution in [2.75, 3.05) is 12.4 Å². The van der Waals surface area contributed by atoms with Gasteiger partial charge in [0.2, 0.25) is 10.0 Å². The molecule has 0 aromatic heterocycles. The van der Waals surface area contributed by atoms with Gasteiger partial charge in [-0.1, -0.05) is 24.3 Å². The molecule has 3 atom stereocenters. The standard InChI is InChI=1S/C23H28N2O3S/c1-23(2,3)25-29(26,27)17-12-13-21-20(14-17)18-6-5-7-19(18)22(24-21)15-8-10-16(28-4)11-9-15/h5-6,8-14,18-19,22,24-25H,7H2,1-4H3. The summed E-state index contributed by atoms with van der Waals surface area (Å²) in [5, 5.41) is 3.65. The van der Waals surface area contributed by atoms with Crippen LogP contribution in [0.25, 0.3) is 0 Å². The molecule has 1 aliphatic heterocycles. The predicted molar refractivity (Wildman–Crippen MR) is 116 cm³/mol. The van der Waals surface area contributed by atoms with Gasteiger partial charge in [-0.05, 0) is 74.6 Å². The molecule has 0 spiro atoms. The number of nitrogens with one attached hydrogen (secondary N) is 2. The molecule has 29 heavy (non-hydrogen) atoms. The minimum Gasteiger partial charge on any atom is -0.497 e. The molecule has 2 N–H and O–H groups in total. The first-order valence-electron chi connectivity index (χ1n) is 9.93. The molecule has 6 heteroatoms. The number of anilines is 1. The minimum atomic E-state index is -3.57. The van der Waals surface area contributed by atoms with E-state index in [2.05, 4.69) is 34.3 Å². The van der Waals surface area contributed by atoms with Crippen molar-refractivity contribution in [2.24, 2.45) is 5.92 Å². The average molecular weight is 413 g/mol. The molecule has 0 amide bonds. The van der Waals surface area contributed by atoms with E-state index in [1.807, 2.05) is 45.0 Å². The van der Waals surface area contributed by atoms with Crippen LogP contribution in [0.3, 0.4) is 0 Å². The molecular weight excluding hydrogens is 384 g/mol. The molecule has 0 bridgehead atoms. The lowest BCUT2D eigenvalue weighted by molar-refractivity contribution is 0.411. The van der Waals surface area contributed by atoms with Crippen molar-refractivity contribution in [1.29, 1.82) is 0 Å². The van der Waals surface area contributed by atoms with E-state index < -0.39 is 15.6 Å². The van der Waals surface area contributed by atoms with Gasteiger partial charge in [-0.15, -0.1) is 0 Å². The number of allylic oxidation sites excluding steroid dienone is 2. The van der Waals surface area contributed by atoms with Gasteiger partial charge in [-0.2, -0.15) is 0 Å². The molecule has 2 aliphatic rings. The lowest BCUT2D eigenvalue weighted by Gasteiger charge is -2.37. The van der Waals surface area contributed by atoms with Crippen molar-refractivity contribution in [2.45, 2.75) is 49.6 Å². The van der Waals surface area contributed by atoms with Gasteiger partial charge >= 0.3 is 0 Å². The lowest BCUT2D eigenvalue weighted by Crippen LogP contribution is -2.40. The zero-order valence-corrected chi connectivity index (χ0v) is 18.1. The van der Waals surface area contributed by atoms with Gasteiger partial charge in [0.25, 0.3) is 0 Å². The second-order valence-electron chi connectivity index (χ2n) is 8.85. The van der Waals surface area contributed by atoms with Gasteiger partial charge in [-0.3, -0.25) is 0 Å². The van der Waals surface area contributed by atoms with Crippen LogP contribution in [0.4, 0.5) is 5.69 Å². The number of rotatable bonds is 4. The summed E-state index contributed by atoms with van der Waals surface area (Å²) in [4.78, 5) is 0.315. The van der Waals surface area contributed by atoms with Gasteiger partial charge in [0.1, 0.15) is 5.75 Å². The van der Waals surface area contributed by atoms with Crippen LogP contribution < -0.4 is 14.8 Å². The van der Waals surface area contributed by atoms with E-state index in [4.69, 9.17) is 4.74 Å². The fourth-order valence-corrected chi connectivity index (χ4v) is 5.80. The lowest BCUT2D eigenvalue weighted by atomic mass is 9.77. The second-order valence-corrected chi connectivity index (χ2v) is 10.5. The molecule has 3 unspecified atom stereocenters. The number of hydrogen-bond donors (Lipinski definition) is 2. The second kappa shape index (κ2) is 7.18. The first-order chi connectivity index (χ1) is 13.7. The Hall–Kier alpha value is -2.31. The maximum atomic E-state index is 12.8. The first-order valence-corrected chi connectivity index (χ1v) is 11.4. The van der Waals surface area contributed by atoms with E-state index in [1.165, 1.54) is 5.56 Å². The molecule has 1 aliphatic carbocycles. The van der Waals surface area contributed by atoms with Crippen molar-refractivity contribution in [3.8, 4) is 5.75 Å². The van der Waals surface area contributed by atoms with E-state index in [9.17, 15) is 8.42 Å². The summed E-state index contributed by atoms with van der Waals surface area (Å²) in [5.74, 6) is 1.39. The normalized spacial score (nSPS) is 23.2. The smallest absolute Gasteiger partial charge is 0.241 e. The molecule has 0 radical (unpaired) electrons. The van der Waals surface area contributed by atoms with E-state index >= 15 is 0 Å². The van der Waals surface area contributed by atoms with Crippen LogP contribution in [0, 0.1) is 5.92 Å². The summed E-state index contributed by atoms with van der Waals surface area (Å²) in [5.41, 5.74) is 2.72. The molecule has 1 heterocycles. The van der Waals surface area contributed by atoms with E-state index in [0.29, 0.717) is 10.8 Å². The third-order valence-corrected chi connectivity index (χ3v) is 7.32. The van der Waals surface area contributed by atoms with Crippen molar-refractivity contribution in [1.82, 2.24) is 4.72 Å². The number of hydrogen-bond acceptors (Lipinski definition) is 4. The van der Waals surface area contributed by atoms with Crippen molar-refractivity contribution in [3.63, 3.8) is 0 Å². The Morgan fingerprint density at radius 2 is 1.83 bits per heavy atom. The molecule has 5 nitrogen and oxygen atoms in total. The molecule has 0 saturated carbocycles. The highest BCUT2D eigenvalue weighted by Gasteiger charge is 2.38. The summed E-state index contributed by atoms with van der Waals surface area (Å²) in [6.45, 7) is 5.54. The van der Waals surface area contributed by atoms with Gasteiger partial charge in [0, 0.05) is 17.1 Å². The Kier molecular flexibility index (Phi) is 4.95. The van der Waals surface area contributed by atoms with Crippen molar-refractivity contribution >= 4 is 15.7 Å². The third kappa shape index (κ3) is 3.91. The summed E-state index contributed by atoms with van der Waals surface area (Å²) in [6.07, 6.45) is 5.39. The maximum absolute atomic E-state index is 12.8.